The van der Waals surface area contributed by atoms with Crippen LogP contribution in [0.2, 0.25) is 0 Å². The molecule has 11 aromatic rings. The van der Waals surface area contributed by atoms with Gasteiger partial charge in [-0.15, -0.1) is 0 Å². The van der Waals surface area contributed by atoms with Crippen LogP contribution >= 0.6 is 0 Å². The zero-order chi connectivity index (χ0) is 45.4. The number of hydrogen-bond acceptors (Lipinski definition) is 2. The average molecular weight is 748 g/mol. The zero-order valence-corrected chi connectivity index (χ0v) is 31.1. The fourth-order valence-electron chi connectivity index (χ4n) is 7.96. The smallest absolute Gasteiger partial charge is 0.143 e. The van der Waals surface area contributed by atoms with Crippen LogP contribution in [0.4, 0.5) is 17.1 Å². The summed E-state index contributed by atoms with van der Waals surface area (Å²) in [5.74, 6) is 0. The number of rotatable bonds is 7. The molecule has 2 nitrogen and oxygen atoms in total. The van der Waals surface area contributed by atoms with E-state index in [0.717, 1.165) is 49.0 Å². The topological polar surface area (TPSA) is 16.4 Å². The van der Waals surface area contributed by atoms with E-state index < -0.39 is 24.2 Å². The SMILES string of the molecule is [2H]c1c([2H])c(N(c2ccccc2-c2ccc3c(c2)oc2c4ccccc4ccc32)c2c([2H])c([2H])c(-c3ccc(-c4cccc5ccccc45)cc3)c([2H])c2[2H])c([2H])c([2H])c1-c1ccccc1. The number of fused-ring (bicyclic) bond motifs is 6. The molecule has 0 saturated carbocycles. The third-order valence-electron chi connectivity index (χ3n) is 10.8. The summed E-state index contributed by atoms with van der Waals surface area (Å²) in [4.78, 5) is 1.37. The molecule has 0 spiro atoms. The van der Waals surface area contributed by atoms with Crippen molar-refractivity contribution >= 4 is 60.5 Å². The Morgan fingerprint density at radius 2 is 0.879 bits per heavy atom. The van der Waals surface area contributed by atoms with E-state index in [-0.39, 0.29) is 46.7 Å². The summed E-state index contributed by atoms with van der Waals surface area (Å²) in [5.41, 5.74) is 5.63. The second-order valence-electron chi connectivity index (χ2n) is 14.2. The minimum Gasteiger partial charge on any atom is -0.455 e. The largest absolute Gasteiger partial charge is 0.455 e. The Bertz CT molecular complexity index is 3690. The molecule has 272 valence electrons. The molecule has 0 aliphatic carbocycles. The zero-order valence-electron chi connectivity index (χ0n) is 39.1. The fourth-order valence-corrected chi connectivity index (χ4v) is 7.96. The maximum Gasteiger partial charge on any atom is 0.143 e. The van der Waals surface area contributed by atoms with Crippen LogP contribution in [-0.4, -0.2) is 0 Å². The van der Waals surface area contributed by atoms with Gasteiger partial charge in [-0.05, 0) is 104 Å². The molecule has 0 bridgehead atoms. The van der Waals surface area contributed by atoms with Crippen molar-refractivity contribution in [2.24, 2.45) is 0 Å². The molecule has 0 saturated heterocycles. The van der Waals surface area contributed by atoms with E-state index in [1.54, 1.807) is 48.5 Å². The molecule has 0 amide bonds. The number of benzene rings is 10. The van der Waals surface area contributed by atoms with Crippen LogP contribution in [0.1, 0.15) is 11.0 Å². The molecule has 0 unspecified atom stereocenters. The summed E-state index contributed by atoms with van der Waals surface area (Å²) in [7, 11) is 0. The van der Waals surface area contributed by atoms with E-state index in [2.05, 4.69) is 24.3 Å². The van der Waals surface area contributed by atoms with Crippen molar-refractivity contribution in [2.45, 2.75) is 0 Å². The van der Waals surface area contributed by atoms with Gasteiger partial charge in [0.25, 0.3) is 0 Å². The lowest BCUT2D eigenvalue weighted by Gasteiger charge is -2.28. The maximum absolute atomic E-state index is 9.69. The molecule has 1 aromatic heterocycles. The van der Waals surface area contributed by atoms with Crippen molar-refractivity contribution in [2.75, 3.05) is 4.90 Å². The third-order valence-corrected chi connectivity index (χ3v) is 10.8. The second kappa shape index (κ2) is 14.1. The van der Waals surface area contributed by atoms with Crippen molar-refractivity contribution in [3.8, 4) is 44.5 Å². The van der Waals surface area contributed by atoms with Crippen molar-refractivity contribution in [1.29, 1.82) is 0 Å². The van der Waals surface area contributed by atoms with Crippen LogP contribution in [0.25, 0.3) is 88.0 Å². The monoisotopic (exact) mass is 747 g/mol. The second-order valence-corrected chi connectivity index (χ2v) is 14.2. The molecule has 58 heavy (non-hydrogen) atoms. The highest BCUT2D eigenvalue weighted by atomic mass is 16.3. The molecule has 2 heteroatoms. The Morgan fingerprint density at radius 1 is 0.345 bits per heavy atom. The van der Waals surface area contributed by atoms with Gasteiger partial charge in [0.2, 0.25) is 0 Å². The number of hydrogen-bond donors (Lipinski definition) is 0. The van der Waals surface area contributed by atoms with Crippen molar-refractivity contribution in [1.82, 2.24) is 0 Å². The van der Waals surface area contributed by atoms with E-state index in [4.69, 9.17) is 4.42 Å². The van der Waals surface area contributed by atoms with E-state index in [1.165, 1.54) is 4.90 Å². The third kappa shape index (κ3) is 5.91. The Morgan fingerprint density at radius 3 is 1.62 bits per heavy atom. The standard InChI is InChI=1S/C56H37NO/c1-2-11-38(12-3-1)40-25-31-46(32-26-40)57(47-33-27-41(28-34-47)39-21-23-44(24-22-39)49-19-10-15-42-13-4-6-16-48(42)49)54-20-9-8-17-50(54)45-30-35-52-53-36-29-43-14-5-7-18-51(43)56(53)58-55(52)37-45/h1-37H/i25D,26D,27D,28D,31D,32D,33D,34D. The summed E-state index contributed by atoms with van der Waals surface area (Å²) in [6, 6.07) is 52.7. The lowest BCUT2D eigenvalue weighted by atomic mass is 9.96. The highest BCUT2D eigenvalue weighted by Gasteiger charge is 2.19. The molecule has 11 rings (SSSR count). The van der Waals surface area contributed by atoms with Gasteiger partial charge in [0.05, 0.1) is 16.7 Å². The maximum atomic E-state index is 9.69. The summed E-state index contributed by atoms with van der Waals surface area (Å²) in [6.45, 7) is 0. The fraction of sp³-hybridized carbons (Fsp3) is 0. The van der Waals surface area contributed by atoms with Crippen LogP contribution in [0.5, 0.6) is 0 Å². The van der Waals surface area contributed by atoms with Gasteiger partial charge in [0.15, 0.2) is 0 Å². The van der Waals surface area contributed by atoms with Gasteiger partial charge in [-0.3, -0.25) is 0 Å². The van der Waals surface area contributed by atoms with Crippen molar-refractivity contribution in [3.63, 3.8) is 0 Å². The van der Waals surface area contributed by atoms with Gasteiger partial charge < -0.3 is 9.32 Å². The van der Waals surface area contributed by atoms with Gasteiger partial charge in [-0.1, -0.05) is 176 Å². The molecule has 0 N–H and O–H groups in total. The molecule has 0 fully saturated rings. The van der Waals surface area contributed by atoms with Gasteiger partial charge in [-0.2, -0.15) is 0 Å². The number of para-hydroxylation sites is 1. The molecular weight excluding hydrogens is 703 g/mol. The number of nitrogens with zero attached hydrogens (tertiary/aromatic N) is 1. The molecular formula is C56H37NO. The Labute approximate surface area is 348 Å². The number of anilines is 3. The van der Waals surface area contributed by atoms with Gasteiger partial charge >= 0.3 is 0 Å². The van der Waals surface area contributed by atoms with Crippen molar-refractivity contribution in [3.05, 3.63) is 224 Å². The molecule has 0 aliphatic heterocycles. The van der Waals surface area contributed by atoms with E-state index in [0.29, 0.717) is 33.5 Å². The van der Waals surface area contributed by atoms with Crippen LogP contribution in [-0.2, 0) is 0 Å². The van der Waals surface area contributed by atoms with Gasteiger partial charge in [0, 0.05) is 33.1 Å². The molecule has 10 aromatic carbocycles. The first-order chi connectivity index (χ1) is 32.1. The van der Waals surface area contributed by atoms with Crippen LogP contribution < -0.4 is 4.90 Å². The number of furan rings is 1. The van der Waals surface area contributed by atoms with Crippen LogP contribution in [0.15, 0.2) is 229 Å². The quantitative estimate of drug-likeness (QED) is 0.161. The Kier molecular flexibility index (Phi) is 6.38. The van der Waals surface area contributed by atoms with Crippen LogP contribution in [0.3, 0.4) is 0 Å². The van der Waals surface area contributed by atoms with Gasteiger partial charge in [-0.25, -0.2) is 0 Å². The first-order valence-electron chi connectivity index (χ1n) is 23.2. The Balaban J connectivity index is 1.12. The summed E-state index contributed by atoms with van der Waals surface area (Å²) in [6.07, 6.45) is 0. The van der Waals surface area contributed by atoms with Gasteiger partial charge in [0.1, 0.15) is 11.2 Å². The first kappa shape index (κ1) is 26.2. The predicted molar refractivity (Wildman–Crippen MR) is 245 cm³/mol. The highest BCUT2D eigenvalue weighted by molar-refractivity contribution is 6.15. The predicted octanol–water partition coefficient (Wildman–Crippen LogP) is 16.0. The molecule has 1 heterocycles. The highest BCUT2D eigenvalue weighted by Crippen LogP contribution is 2.44. The van der Waals surface area contributed by atoms with Crippen molar-refractivity contribution < 1.29 is 15.4 Å². The molecule has 0 atom stereocenters. The lowest BCUT2D eigenvalue weighted by Crippen LogP contribution is -2.11. The summed E-state index contributed by atoms with van der Waals surface area (Å²) < 4.78 is 82.7. The van der Waals surface area contributed by atoms with E-state index in [1.807, 2.05) is 103 Å². The first-order valence-corrected chi connectivity index (χ1v) is 19.2. The van der Waals surface area contributed by atoms with Crippen LogP contribution in [0, 0.1) is 0 Å². The van der Waals surface area contributed by atoms with E-state index in [9.17, 15) is 11.0 Å². The minimum atomic E-state index is -0.414. The molecule has 0 radical (unpaired) electrons. The van der Waals surface area contributed by atoms with E-state index >= 15 is 0 Å². The minimum absolute atomic E-state index is 0.0910. The Hall–Kier alpha value is -7.68. The normalized spacial score (nSPS) is 13.4. The molecule has 0 aliphatic rings. The summed E-state index contributed by atoms with van der Waals surface area (Å²) in [5, 5.41) is 6.07. The lowest BCUT2D eigenvalue weighted by molar-refractivity contribution is 0.673. The summed E-state index contributed by atoms with van der Waals surface area (Å²) >= 11 is 0. The average Bonchev–Trinajstić information content (AvgIpc) is 3.74.